The van der Waals surface area contributed by atoms with E-state index in [1.165, 1.54) is 14.2 Å². The number of methoxy groups -OCH3 is 2. The number of ether oxygens (including phenoxy) is 3. The van der Waals surface area contributed by atoms with Crippen molar-refractivity contribution in [3.05, 3.63) is 60.2 Å². The summed E-state index contributed by atoms with van der Waals surface area (Å²) in [5, 5.41) is 2.85. The van der Waals surface area contributed by atoms with E-state index in [1.54, 1.807) is 30.3 Å². The van der Waals surface area contributed by atoms with Gasteiger partial charge in [-0.05, 0) is 36.8 Å². The second kappa shape index (κ2) is 8.06. The summed E-state index contributed by atoms with van der Waals surface area (Å²) in [6.45, 7) is 6.07. The van der Waals surface area contributed by atoms with Crippen molar-refractivity contribution in [2.45, 2.75) is 6.92 Å². The number of benzene rings is 2. The van der Waals surface area contributed by atoms with Gasteiger partial charge in [-0.3, -0.25) is 4.79 Å². The molecule has 0 saturated heterocycles. The van der Waals surface area contributed by atoms with Gasteiger partial charge in [0, 0.05) is 0 Å². The minimum absolute atomic E-state index is 0.308. The van der Waals surface area contributed by atoms with Crippen molar-refractivity contribution in [2.24, 2.45) is 0 Å². The second-order valence-corrected chi connectivity index (χ2v) is 5.24. The Kier molecular flexibility index (Phi) is 5.84. The summed E-state index contributed by atoms with van der Waals surface area (Å²) in [5.41, 5.74) is 1.85. The molecule has 126 valence electrons. The lowest BCUT2D eigenvalue weighted by Crippen LogP contribution is -2.14. The number of carbonyl (C=O) groups is 1. The monoisotopic (exact) mass is 327 g/mol. The van der Waals surface area contributed by atoms with Crippen molar-refractivity contribution in [1.82, 2.24) is 0 Å². The summed E-state index contributed by atoms with van der Waals surface area (Å²) in [6.07, 6.45) is 0. The first-order chi connectivity index (χ1) is 11.6. The smallest absolute Gasteiger partial charge is 0.259 e. The fraction of sp³-hybridized carbons (Fsp3) is 0.211. The maximum Gasteiger partial charge on any atom is 0.259 e. The molecule has 1 N–H and O–H groups in total. The third kappa shape index (κ3) is 4.07. The van der Waals surface area contributed by atoms with Crippen LogP contribution in [0.2, 0.25) is 0 Å². The predicted molar refractivity (Wildman–Crippen MR) is 94.3 cm³/mol. The summed E-state index contributed by atoms with van der Waals surface area (Å²) < 4.78 is 16.2. The van der Waals surface area contributed by atoms with Crippen LogP contribution in [0.1, 0.15) is 17.3 Å². The van der Waals surface area contributed by atoms with Crippen LogP contribution in [0.15, 0.2) is 54.6 Å². The molecule has 0 bridgehead atoms. The maximum absolute atomic E-state index is 12.6. The van der Waals surface area contributed by atoms with Crippen LogP contribution in [-0.4, -0.2) is 26.7 Å². The summed E-state index contributed by atoms with van der Waals surface area (Å²) in [5.74, 6) is 1.16. The number of rotatable bonds is 7. The van der Waals surface area contributed by atoms with Crippen molar-refractivity contribution in [3.63, 3.8) is 0 Å². The van der Waals surface area contributed by atoms with Gasteiger partial charge >= 0.3 is 0 Å². The van der Waals surface area contributed by atoms with Gasteiger partial charge in [0.1, 0.15) is 12.4 Å². The molecule has 0 atom stereocenters. The van der Waals surface area contributed by atoms with Crippen LogP contribution in [0, 0.1) is 0 Å². The number of amides is 1. The van der Waals surface area contributed by atoms with Crippen LogP contribution < -0.4 is 19.5 Å². The molecule has 0 saturated carbocycles. The standard InChI is InChI=1S/C19H21NO4/c1-13(2)12-24-16-10-6-5-9-15(16)20-19(21)14-8-7-11-17(22-3)18(14)23-4/h5-11H,1,12H2,2-4H3,(H,20,21). The first-order valence-electron chi connectivity index (χ1n) is 7.45. The van der Waals surface area contributed by atoms with E-state index in [1.807, 2.05) is 19.1 Å². The van der Waals surface area contributed by atoms with Crippen LogP contribution in [0.25, 0.3) is 0 Å². The molecule has 2 aromatic rings. The zero-order chi connectivity index (χ0) is 17.5. The quantitative estimate of drug-likeness (QED) is 0.783. The van der Waals surface area contributed by atoms with Gasteiger partial charge in [-0.25, -0.2) is 0 Å². The summed E-state index contributed by atoms with van der Waals surface area (Å²) >= 11 is 0. The number of carbonyl (C=O) groups excluding carboxylic acids is 1. The van der Waals surface area contributed by atoms with Gasteiger partial charge in [-0.1, -0.05) is 24.8 Å². The number of para-hydroxylation sites is 3. The van der Waals surface area contributed by atoms with Gasteiger partial charge in [0.05, 0.1) is 25.5 Å². The molecule has 0 fully saturated rings. The van der Waals surface area contributed by atoms with Gasteiger partial charge < -0.3 is 19.5 Å². The average Bonchev–Trinajstić information content (AvgIpc) is 2.59. The topological polar surface area (TPSA) is 56.8 Å². The molecule has 2 aromatic carbocycles. The van der Waals surface area contributed by atoms with Crippen LogP contribution in [0.5, 0.6) is 17.2 Å². The Balaban J connectivity index is 2.26. The van der Waals surface area contributed by atoms with E-state index in [2.05, 4.69) is 11.9 Å². The Labute approximate surface area is 141 Å². The molecular weight excluding hydrogens is 306 g/mol. The first-order valence-corrected chi connectivity index (χ1v) is 7.45. The van der Waals surface area contributed by atoms with Gasteiger partial charge in [-0.2, -0.15) is 0 Å². The molecule has 0 heterocycles. The Morgan fingerprint density at radius 1 is 1.04 bits per heavy atom. The van der Waals surface area contributed by atoms with Crippen LogP contribution in [-0.2, 0) is 0 Å². The summed E-state index contributed by atoms with van der Waals surface area (Å²) in [4.78, 5) is 12.6. The third-order valence-corrected chi connectivity index (χ3v) is 3.26. The molecule has 0 aliphatic heterocycles. The van der Waals surface area contributed by atoms with Gasteiger partial charge in [0.2, 0.25) is 0 Å². The van der Waals surface area contributed by atoms with E-state index in [4.69, 9.17) is 14.2 Å². The number of nitrogens with one attached hydrogen (secondary N) is 1. The zero-order valence-corrected chi connectivity index (χ0v) is 14.1. The number of hydrogen-bond acceptors (Lipinski definition) is 4. The average molecular weight is 327 g/mol. The molecule has 0 aliphatic carbocycles. The molecule has 24 heavy (non-hydrogen) atoms. The SMILES string of the molecule is C=C(C)COc1ccccc1NC(=O)c1cccc(OC)c1OC. The van der Waals surface area contributed by atoms with Crippen molar-refractivity contribution in [1.29, 1.82) is 0 Å². The summed E-state index contributed by atoms with van der Waals surface area (Å²) in [7, 11) is 3.03. The molecule has 0 aliphatic rings. The summed E-state index contributed by atoms with van der Waals surface area (Å²) in [6, 6.07) is 12.4. The Morgan fingerprint density at radius 2 is 1.75 bits per heavy atom. The first kappa shape index (κ1) is 17.4. The largest absolute Gasteiger partial charge is 0.493 e. The van der Waals surface area contributed by atoms with Crippen molar-refractivity contribution in [2.75, 3.05) is 26.1 Å². The van der Waals surface area contributed by atoms with Crippen molar-refractivity contribution >= 4 is 11.6 Å². The maximum atomic E-state index is 12.6. The lowest BCUT2D eigenvalue weighted by Gasteiger charge is -2.15. The van der Waals surface area contributed by atoms with Gasteiger partial charge in [-0.15, -0.1) is 0 Å². The molecule has 0 unspecified atom stereocenters. The van der Waals surface area contributed by atoms with Crippen LogP contribution >= 0.6 is 0 Å². The molecule has 5 heteroatoms. The van der Waals surface area contributed by atoms with E-state index in [-0.39, 0.29) is 5.91 Å². The molecule has 5 nitrogen and oxygen atoms in total. The molecule has 2 rings (SSSR count). The normalized spacial score (nSPS) is 9.96. The zero-order valence-electron chi connectivity index (χ0n) is 14.1. The molecular formula is C19H21NO4. The van der Waals surface area contributed by atoms with Crippen molar-refractivity contribution < 1.29 is 19.0 Å². The minimum atomic E-state index is -0.308. The Hall–Kier alpha value is -2.95. The fourth-order valence-corrected chi connectivity index (χ4v) is 2.15. The second-order valence-electron chi connectivity index (χ2n) is 5.24. The fourth-order valence-electron chi connectivity index (χ4n) is 2.15. The van der Waals surface area contributed by atoms with E-state index >= 15 is 0 Å². The molecule has 0 spiro atoms. The predicted octanol–water partition coefficient (Wildman–Crippen LogP) is 3.91. The lowest BCUT2D eigenvalue weighted by molar-refractivity contribution is 0.102. The highest BCUT2D eigenvalue weighted by molar-refractivity contribution is 6.07. The van der Waals surface area contributed by atoms with Crippen LogP contribution in [0.4, 0.5) is 5.69 Å². The third-order valence-electron chi connectivity index (χ3n) is 3.26. The Bertz CT molecular complexity index is 740. The highest BCUT2D eigenvalue weighted by Gasteiger charge is 2.17. The number of hydrogen-bond donors (Lipinski definition) is 1. The van der Waals surface area contributed by atoms with Gasteiger partial charge in [0.25, 0.3) is 5.91 Å². The van der Waals surface area contributed by atoms with Gasteiger partial charge in [0.15, 0.2) is 11.5 Å². The molecule has 1 amide bonds. The molecule has 0 aromatic heterocycles. The highest BCUT2D eigenvalue weighted by atomic mass is 16.5. The van der Waals surface area contributed by atoms with E-state index in [0.29, 0.717) is 35.1 Å². The van der Waals surface area contributed by atoms with Crippen LogP contribution in [0.3, 0.4) is 0 Å². The Morgan fingerprint density at radius 3 is 2.42 bits per heavy atom. The van der Waals surface area contributed by atoms with E-state index < -0.39 is 0 Å². The minimum Gasteiger partial charge on any atom is -0.493 e. The molecule has 0 radical (unpaired) electrons. The van der Waals surface area contributed by atoms with E-state index in [9.17, 15) is 4.79 Å². The highest BCUT2D eigenvalue weighted by Crippen LogP contribution is 2.32. The van der Waals surface area contributed by atoms with E-state index in [0.717, 1.165) is 5.57 Å². The van der Waals surface area contributed by atoms with Crippen molar-refractivity contribution in [3.8, 4) is 17.2 Å². The lowest BCUT2D eigenvalue weighted by atomic mass is 10.1. The number of anilines is 1.